The van der Waals surface area contributed by atoms with E-state index in [1.165, 1.54) is 16.6 Å². The van der Waals surface area contributed by atoms with Crippen LogP contribution in [0, 0.1) is 6.92 Å². The third kappa shape index (κ3) is 3.97. The molecule has 0 amide bonds. The maximum atomic E-state index is 6.93. The van der Waals surface area contributed by atoms with E-state index < -0.39 is 0 Å². The molecule has 5 heteroatoms. The minimum atomic E-state index is 0.00957. The van der Waals surface area contributed by atoms with Gasteiger partial charge in [0, 0.05) is 51.0 Å². The van der Waals surface area contributed by atoms with Crippen LogP contribution in [0.4, 0.5) is 34.1 Å². The molecule has 8 aromatic rings. The molecule has 226 valence electrons. The van der Waals surface area contributed by atoms with Crippen LogP contribution in [0.1, 0.15) is 5.56 Å². The molecule has 0 saturated heterocycles. The van der Waals surface area contributed by atoms with Crippen LogP contribution in [0.3, 0.4) is 0 Å². The van der Waals surface area contributed by atoms with Gasteiger partial charge in [0.15, 0.2) is 11.3 Å². The molecule has 0 radical (unpaired) electrons. The Labute approximate surface area is 279 Å². The Morgan fingerprint density at radius 3 is 1.98 bits per heavy atom. The molecule has 0 N–H and O–H groups in total. The Morgan fingerprint density at radius 2 is 1.23 bits per heavy atom. The number of furan rings is 1. The van der Waals surface area contributed by atoms with Gasteiger partial charge in [-0.05, 0) is 95.6 Å². The quantitative estimate of drug-likeness (QED) is 0.184. The van der Waals surface area contributed by atoms with Crippen molar-refractivity contribution in [1.29, 1.82) is 0 Å². The largest absolute Gasteiger partial charge is 0.454 e. The highest BCUT2D eigenvalue weighted by atomic mass is 16.5. The fourth-order valence-electron chi connectivity index (χ4n) is 7.71. The van der Waals surface area contributed by atoms with Crippen LogP contribution in [-0.2, 0) is 0 Å². The predicted octanol–water partition coefficient (Wildman–Crippen LogP) is 9.77. The van der Waals surface area contributed by atoms with Crippen molar-refractivity contribution in [3.8, 4) is 11.5 Å². The van der Waals surface area contributed by atoms with Crippen molar-refractivity contribution >= 4 is 79.2 Å². The van der Waals surface area contributed by atoms with E-state index in [-0.39, 0.29) is 6.71 Å². The number of hydrogen-bond donors (Lipinski definition) is 0. The van der Waals surface area contributed by atoms with E-state index in [0.717, 1.165) is 72.9 Å². The van der Waals surface area contributed by atoms with E-state index >= 15 is 0 Å². The van der Waals surface area contributed by atoms with Crippen LogP contribution in [0.15, 0.2) is 162 Å². The number of benzene rings is 7. The molecule has 2 aliphatic rings. The molecule has 3 heterocycles. The molecule has 48 heavy (non-hydrogen) atoms. The summed E-state index contributed by atoms with van der Waals surface area (Å²) in [6.07, 6.45) is 0. The minimum Gasteiger partial charge on any atom is -0.454 e. The Morgan fingerprint density at radius 1 is 0.562 bits per heavy atom. The third-order valence-corrected chi connectivity index (χ3v) is 9.72. The zero-order valence-electron chi connectivity index (χ0n) is 26.3. The molecule has 2 aliphatic heterocycles. The number of para-hydroxylation sites is 4. The Hall–Kier alpha value is -6.20. The smallest absolute Gasteiger partial charge is 0.256 e. The predicted molar refractivity (Wildman–Crippen MR) is 199 cm³/mol. The highest BCUT2D eigenvalue weighted by Gasteiger charge is 2.42. The maximum absolute atomic E-state index is 6.93. The van der Waals surface area contributed by atoms with Crippen molar-refractivity contribution in [3.05, 3.63) is 163 Å². The van der Waals surface area contributed by atoms with Gasteiger partial charge in [-0.3, -0.25) is 0 Å². The van der Waals surface area contributed by atoms with Gasteiger partial charge in [0.2, 0.25) is 0 Å². The first-order valence-corrected chi connectivity index (χ1v) is 16.4. The molecular weight excluding hydrogens is 587 g/mol. The topological polar surface area (TPSA) is 28.9 Å². The van der Waals surface area contributed by atoms with Crippen molar-refractivity contribution in [2.45, 2.75) is 6.92 Å². The lowest BCUT2D eigenvalue weighted by atomic mass is 9.34. The fourth-order valence-corrected chi connectivity index (χ4v) is 7.71. The number of aryl methyl sites for hydroxylation is 1. The number of fused-ring (bicyclic) bond motifs is 8. The first-order chi connectivity index (χ1) is 23.7. The number of rotatable bonds is 4. The standard InChI is InChI=1S/C43H29BN2O2/c1-28-25-38-41-40(26-28)48-43-36(44(41)35-19-11-12-20-37(35)46(38)31-17-9-4-10-18-31)24-23-34-33-22-21-32(27-39(33)47-42(34)43)45(29-13-5-2-6-14-29)30-15-7-3-8-16-30/h2-27H,1H3. The molecular formula is C43H29BN2O2. The Kier molecular flexibility index (Phi) is 5.85. The van der Waals surface area contributed by atoms with Crippen molar-refractivity contribution in [2.75, 3.05) is 9.80 Å². The van der Waals surface area contributed by atoms with Gasteiger partial charge in [-0.15, -0.1) is 0 Å². The summed E-state index contributed by atoms with van der Waals surface area (Å²) in [6.45, 7) is 2.15. The lowest BCUT2D eigenvalue weighted by Crippen LogP contribution is -2.59. The minimum absolute atomic E-state index is 0.00957. The van der Waals surface area contributed by atoms with Gasteiger partial charge < -0.3 is 19.0 Å². The van der Waals surface area contributed by atoms with Gasteiger partial charge in [-0.2, -0.15) is 0 Å². The van der Waals surface area contributed by atoms with Crippen molar-refractivity contribution in [1.82, 2.24) is 0 Å². The first-order valence-electron chi connectivity index (χ1n) is 16.4. The summed E-state index contributed by atoms with van der Waals surface area (Å²) in [5.74, 6) is 1.68. The maximum Gasteiger partial charge on any atom is 0.256 e. The van der Waals surface area contributed by atoms with Crippen molar-refractivity contribution in [3.63, 3.8) is 0 Å². The summed E-state index contributed by atoms with van der Waals surface area (Å²) in [7, 11) is 0. The molecule has 4 nitrogen and oxygen atoms in total. The average molecular weight is 617 g/mol. The second kappa shape index (κ2) is 10.4. The molecule has 7 aromatic carbocycles. The summed E-state index contributed by atoms with van der Waals surface area (Å²) in [6, 6.07) is 55.7. The van der Waals surface area contributed by atoms with Crippen molar-refractivity contribution < 1.29 is 9.15 Å². The summed E-state index contributed by atoms with van der Waals surface area (Å²) in [5.41, 5.74) is 13.0. The number of anilines is 6. The fraction of sp³-hybridized carbons (Fsp3) is 0.0233. The first kappa shape index (κ1) is 27.0. The average Bonchev–Trinajstić information content (AvgIpc) is 3.51. The molecule has 0 saturated carbocycles. The Balaban J connectivity index is 1.17. The molecule has 0 fully saturated rings. The highest BCUT2D eigenvalue weighted by Crippen LogP contribution is 2.45. The SMILES string of the molecule is Cc1cc2c3c(c1)N(c1ccccc1)c1ccccc1B3c1ccc3c(oc4cc(N(c5ccccc5)c5ccccc5)ccc43)c1O2. The van der Waals surface area contributed by atoms with Crippen LogP contribution < -0.4 is 30.9 Å². The lowest BCUT2D eigenvalue weighted by molar-refractivity contribution is 0.480. The van der Waals surface area contributed by atoms with E-state index in [2.05, 4.69) is 162 Å². The number of ether oxygens (including phenoxy) is 1. The normalized spacial score (nSPS) is 12.8. The van der Waals surface area contributed by atoms with Crippen LogP contribution >= 0.6 is 0 Å². The van der Waals surface area contributed by atoms with E-state index in [0.29, 0.717) is 0 Å². The monoisotopic (exact) mass is 616 g/mol. The van der Waals surface area contributed by atoms with Gasteiger partial charge in [0.25, 0.3) is 6.71 Å². The zero-order valence-corrected chi connectivity index (χ0v) is 26.3. The summed E-state index contributed by atoms with van der Waals surface area (Å²) < 4.78 is 13.7. The molecule has 10 rings (SSSR count). The van der Waals surface area contributed by atoms with E-state index in [9.17, 15) is 0 Å². The van der Waals surface area contributed by atoms with Gasteiger partial charge in [0.05, 0.1) is 0 Å². The molecule has 0 atom stereocenters. The second-order valence-corrected chi connectivity index (χ2v) is 12.6. The molecule has 1 aromatic heterocycles. The summed E-state index contributed by atoms with van der Waals surface area (Å²) in [5, 5.41) is 2.11. The second-order valence-electron chi connectivity index (χ2n) is 12.6. The summed E-state index contributed by atoms with van der Waals surface area (Å²) >= 11 is 0. The van der Waals surface area contributed by atoms with Crippen LogP contribution in [0.25, 0.3) is 21.9 Å². The zero-order chi connectivity index (χ0) is 31.8. The van der Waals surface area contributed by atoms with Gasteiger partial charge in [-0.25, -0.2) is 0 Å². The molecule has 0 bridgehead atoms. The van der Waals surface area contributed by atoms with E-state index in [1.807, 2.05) is 12.1 Å². The van der Waals surface area contributed by atoms with Gasteiger partial charge >= 0.3 is 0 Å². The summed E-state index contributed by atoms with van der Waals surface area (Å²) in [4.78, 5) is 4.63. The van der Waals surface area contributed by atoms with Crippen LogP contribution in [0.2, 0.25) is 0 Å². The van der Waals surface area contributed by atoms with E-state index in [4.69, 9.17) is 9.15 Å². The highest BCUT2D eigenvalue weighted by molar-refractivity contribution is 6.99. The molecule has 0 unspecified atom stereocenters. The number of nitrogens with zero attached hydrogens (tertiary/aromatic N) is 2. The van der Waals surface area contributed by atoms with Gasteiger partial charge in [-0.1, -0.05) is 84.9 Å². The third-order valence-electron chi connectivity index (χ3n) is 9.72. The van der Waals surface area contributed by atoms with Crippen LogP contribution in [0.5, 0.6) is 11.5 Å². The Bertz CT molecular complexity index is 2470. The molecule has 0 aliphatic carbocycles. The van der Waals surface area contributed by atoms with Crippen LogP contribution in [-0.4, -0.2) is 6.71 Å². The lowest BCUT2D eigenvalue weighted by Gasteiger charge is -2.40. The van der Waals surface area contributed by atoms with Gasteiger partial charge in [0.1, 0.15) is 11.3 Å². The number of hydrogen-bond acceptors (Lipinski definition) is 4. The van der Waals surface area contributed by atoms with Crippen molar-refractivity contribution in [2.24, 2.45) is 0 Å². The van der Waals surface area contributed by atoms with E-state index in [1.54, 1.807) is 0 Å². The molecule has 0 spiro atoms.